The van der Waals surface area contributed by atoms with E-state index in [0.717, 1.165) is 42.9 Å². The summed E-state index contributed by atoms with van der Waals surface area (Å²) in [5.74, 6) is 2.21. The zero-order valence-corrected chi connectivity index (χ0v) is 20.4. The first-order valence-corrected chi connectivity index (χ1v) is 11.4. The quantitative estimate of drug-likeness (QED) is 0.271. The molecule has 0 fully saturated rings. The van der Waals surface area contributed by atoms with Crippen molar-refractivity contribution in [2.24, 2.45) is 0 Å². The largest absolute Gasteiger partial charge is 0.494 e. The van der Waals surface area contributed by atoms with E-state index in [9.17, 15) is 0 Å². The van der Waals surface area contributed by atoms with Crippen molar-refractivity contribution >= 4 is 33.6 Å². The molecule has 2 aromatic heterocycles. The van der Waals surface area contributed by atoms with Gasteiger partial charge in [0, 0.05) is 40.7 Å². The average molecular weight is 527 g/mol. The molecule has 2 heterocycles. The highest BCUT2D eigenvalue weighted by Crippen LogP contribution is 2.39. The molecule has 31 heavy (non-hydrogen) atoms. The molecular formula is C25H26IN3O2. The SMILES string of the molecule is COCCn1c(-c2ccc(C(C)C)cc2)nc2c(I)c(-c3ccncc3)cc(OC)c21. The standard InChI is InChI=1S/C25H26IN3O2/c1-16(2)17-5-7-19(8-6-17)25-28-23-22(26)20(18-9-11-27-12-10-18)15-21(31-4)24(23)29(25)13-14-30-3/h5-12,15-16H,13-14H2,1-4H3. The van der Waals surface area contributed by atoms with E-state index in [0.29, 0.717) is 19.1 Å². The van der Waals surface area contributed by atoms with Crippen molar-refractivity contribution in [3.8, 4) is 28.3 Å². The van der Waals surface area contributed by atoms with Crippen LogP contribution in [0, 0.1) is 3.57 Å². The highest BCUT2D eigenvalue weighted by atomic mass is 127. The van der Waals surface area contributed by atoms with Crippen molar-refractivity contribution in [1.82, 2.24) is 14.5 Å². The number of fused-ring (bicyclic) bond motifs is 1. The van der Waals surface area contributed by atoms with E-state index in [4.69, 9.17) is 14.5 Å². The lowest BCUT2D eigenvalue weighted by Crippen LogP contribution is -2.07. The van der Waals surface area contributed by atoms with Crippen LogP contribution in [0.5, 0.6) is 5.75 Å². The maximum Gasteiger partial charge on any atom is 0.145 e. The Labute approximate surface area is 196 Å². The van der Waals surface area contributed by atoms with Crippen LogP contribution in [0.15, 0.2) is 54.9 Å². The number of imidazole rings is 1. The number of ether oxygens (including phenoxy) is 2. The van der Waals surface area contributed by atoms with E-state index in [1.165, 1.54) is 5.56 Å². The number of rotatable bonds is 7. The molecule has 0 aliphatic carbocycles. The Balaban J connectivity index is 1.97. The van der Waals surface area contributed by atoms with Crippen molar-refractivity contribution in [2.75, 3.05) is 20.8 Å². The van der Waals surface area contributed by atoms with E-state index in [1.54, 1.807) is 26.6 Å². The van der Waals surface area contributed by atoms with E-state index >= 15 is 0 Å². The van der Waals surface area contributed by atoms with Crippen LogP contribution >= 0.6 is 22.6 Å². The highest BCUT2D eigenvalue weighted by Gasteiger charge is 2.21. The summed E-state index contributed by atoms with van der Waals surface area (Å²) in [5, 5.41) is 0. The van der Waals surface area contributed by atoms with Crippen LogP contribution < -0.4 is 4.74 Å². The summed E-state index contributed by atoms with van der Waals surface area (Å²) in [6.45, 7) is 5.69. The summed E-state index contributed by atoms with van der Waals surface area (Å²) in [5.41, 5.74) is 6.50. The Bertz CT molecular complexity index is 1190. The first-order valence-electron chi connectivity index (χ1n) is 10.3. The van der Waals surface area contributed by atoms with Gasteiger partial charge in [-0.3, -0.25) is 4.98 Å². The molecule has 0 aliphatic heterocycles. The molecule has 0 spiro atoms. The maximum absolute atomic E-state index is 5.84. The summed E-state index contributed by atoms with van der Waals surface area (Å²) in [6.07, 6.45) is 3.61. The van der Waals surface area contributed by atoms with Crippen LogP contribution in [0.25, 0.3) is 33.5 Å². The van der Waals surface area contributed by atoms with Gasteiger partial charge in [-0.2, -0.15) is 0 Å². The lowest BCUT2D eigenvalue weighted by atomic mass is 10.0. The second kappa shape index (κ2) is 9.36. The lowest BCUT2D eigenvalue weighted by Gasteiger charge is -2.13. The monoisotopic (exact) mass is 527 g/mol. The van der Waals surface area contributed by atoms with Gasteiger partial charge in [-0.1, -0.05) is 38.1 Å². The summed E-state index contributed by atoms with van der Waals surface area (Å²) < 4.78 is 14.6. The van der Waals surface area contributed by atoms with Crippen molar-refractivity contribution in [1.29, 1.82) is 0 Å². The fourth-order valence-electron chi connectivity index (χ4n) is 3.78. The predicted molar refractivity (Wildman–Crippen MR) is 134 cm³/mol. The van der Waals surface area contributed by atoms with Gasteiger partial charge in [-0.25, -0.2) is 4.98 Å². The van der Waals surface area contributed by atoms with Gasteiger partial charge in [0.05, 0.1) is 13.7 Å². The molecule has 6 heteroatoms. The Morgan fingerprint density at radius 3 is 2.32 bits per heavy atom. The van der Waals surface area contributed by atoms with Gasteiger partial charge in [-0.05, 0) is 57.8 Å². The van der Waals surface area contributed by atoms with Crippen molar-refractivity contribution in [3.05, 3.63) is 64.0 Å². The summed E-state index contributed by atoms with van der Waals surface area (Å²) >= 11 is 2.39. The fourth-order valence-corrected chi connectivity index (χ4v) is 4.62. The number of nitrogens with zero attached hydrogens (tertiary/aromatic N) is 3. The second-order valence-electron chi connectivity index (χ2n) is 7.73. The van der Waals surface area contributed by atoms with Gasteiger partial charge in [0.25, 0.3) is 0 Å². The minimum atomic E-state index is 0.491. The van der Waals surface area contributed by atoms with Gasteiger partial charge in [-0.15, -0.1) is 0 Å². The predicted octanol–water partition coefficient (Wildman–Crippen LogP) is 6.15. The van der Waals surface area contributed by atoms with Crippen molar-refractivity contribution in [3.63, 3.8) is 0 Å². The van der Waals surface area contributed by atoms with Crippen molar-refractivity contribution < 1.29 is 9.47 Å². The minimum absolute atomic E-state index is 0.491. The number of methoxy groups -OCH3 is 2. The van der Waals surface area contributed by atoms with Gasteiger partial charge in [0.15, 0.2) is 0 Å². The Morgan fingerprint density at radius 1 is 1.00 bits per heavy atom. The van der Waals surface area contributed by atoms with Gasteiger partial charge in [0.2, 0.25) is 0 Å². The summed E-state index contributed by atoms with van der Waals surface area (Å²) in [4.78, 5) is 9.26. The molecule has 4 rings (SSSR count). The van der Waals surface area contributed by atoms with Crippen LogP contribution in [0.3, 0.4) is 0 Å². The number of pyridine rings is 1. The number of hydrogen-bond acceptors (Lipinski definition) is 4. The molecule has 0 saturated heterocycles. The number of aromatic nitrogens is 3. The smallest absolute Gasteiger partial charge is 0.145 e. The van der Waals surface area contributed by atoms with Crippen LogP contribution in [0.4, 0.5) is 0 Å². The second-order valence-corrected chi connectivity index (χ2v) is 8.81. The van der Waals surface area contributed by atoms with Crippen LogP contribution in [0.1, 0.15) is 25.3 Å². The van der Waals surface area contributed by atoms with Crippen LogP contribution in [-0.2, 0) is 11.3 Å². The normalized spacial score (nSPS) is 11.4. The fraction of sp³-hybridized carbons (Fsp3) is 0.280. The molecule has 0 aliphatic rings. The van der Waals surface area contributed by atoms with Gasteiger partial charge < -0.3 is 14.0 Å². The van der Waals surface area contributed by atoms with Crippen LogP contribution in [0.2, 0.25) is 0 Å². The first-order chi connectivity index (χ1) is 15.0. The summed E-state index contributed by atoms with van der Waals surface area (Å²) in [7, 11) is 3.43. The van der Waals surface area contributed by atoms with Gasteiger partial charge >= 0.3 is 0 Å². The van der Waals surface area contributed by atoms with E-state index in [1.807, 2.05) is 12.1 Å². The molecule has 5 nitrogen and oxygen atoms in total. The molecule has 0 amide bonds. The zero-order chi connectivity index (χ0) is 22.0. The molecule has 0 saturated carbocycles. The molecule has 0 radical (unpaired) electrons. The Kier molecular flexibility index (Phi) is 6.57. The molecule has 0 unspecified atom stereocenters. The van der Waals surface area contributed by atoms with Gasteiger partial charge in [0.1, 0.15) is 22.6 Å². The van der Waals surface area contributed by atoms with Crippen LogP contribution in [-0.4, -0.2) is 35.4 Å². The molecule has 0 bridgehead atoms. The molecule has 0 atom stereocenters. The molecule has 0 N–H and O–H groups in total. The molecular weight excluding hydrogens is 501 g/mol. The Morgan fingerprint density at radius 2 is 1.71 bits per heavy atom. The van der Waals surface area contributed by atoms with E-state index < -0.39 is 0 Å². The zero-order valence-electron chi connectivity index (χ0n) is 18.2. The average Bonchev–Trinajstić information content (AvgIpc) is 3.19. The van der Waals surface area contributed by atoms with Crippen molar-refractivity contribution in [2.45, 2.75) is 26.3 Å². The third kappa shape index (κ3) is 4.19. The topological polar surface area (TPSA) is 49.2 Å². The van der Waals surface area contributed by atoms with E-state index in [2.05, 4.69) is 76.3 Å². The maximum atomic E-state index is 5.84. The number of halogens is 1. The number of benzene rings is 2. The molecule has 160 valence electrons. The first kappa shape index (κ1) is 21.8. The minimum Gasteiger partial charge on any atom is -0.494 e. The Hall–Kier alpha value is -2.45. The highest BCUT2D eigenvalue weighted by molar-refractivity contribution is 14.1. The lowest BCUT2D eigenvalue weighted by molar-refractivity contribution is 0.188. The molecule has 4 aromatic rings. The van der Waals surface area contributed by atoms with E-state index in [-0.39, 0.29) is 0 Å². The third-order valence-corrected chi connectivity index (χ3v) is 6.58. The summed E-state index contributed by atoms with van der Waals surface area (Å²) in [6, 6.07) is 14.8. The number of hydrogen-bond donors (Lipinski definition) is 0. The third-order valence-electron chi connectivity index (χ3n) is 5.49. The molecule has 2 aromatic carbocycles.